The Morgan fingerprint density at radius 1 is 1.30 bits per heavy atom. The van der Waals surface area contributed by atoms with Crippen LogP contribution in [0.2, 0.25) is 0 Å². The summed E-state index contributed by atoms with van der Waals surface area (Å²) in [6.45, 7) is 6.55. The maximum Gasteiger partial charge on any atom is 0.261 e. The zero-order valence-electron chi connectivity index (χ0n) is 14.3. The first-order valence-corrected chi connectivity index (χ1v) is 8.13. The number of aromatic amines is 1. The van der Waals surface area contributed by atoms with Crippen molar-refractivity contribution in [3.05, 3.63) is 33.2 Å². The number of H-pyrrole nitrogens is 1. The molecule has 1 atom stereocenters. The highest BCUT2D eigenvalue weighted by atomic mass is 16.2. The van der Waals surface area contributed by atoms with Gasteiger partial charge in [-0.2, -0.15) is 0 Å². The predicted octanol–water partition coefficient (Wildman–Crippen LogP) is 1.46. The number of piperazine rings is 1. The highest BCUT2D eigenvalue weighted by Crippen LogP contribution is 2.19. The third kappa shape index (κ3) is 3.46. The highest BCUT2D eigenvalue weighted by molar-refractivity contribution is 5.99. The van der Waals surface area contributed by atoms with Crippen LogP contribution in [-0.2, 0) is 4.79 Å². The van der Waals surface area contributed by atoms with Crippen LogP contribution in [0.1, 0.15) is 47.8 Å². The van der Waals surface area contributed by atoms with Gasteiger partial charge in [0.1, 0.15) is 11.6 Å². The van der Waals surface area contributed by atoms with Gasteiger partial charge in [0.05, 0.1) is 0 Å². The maximum absolute atomic E-state index is 12.9. The van der Waals surface area contributed by atoms with E-state index in [2.05, 4.69) is 11.9 Å². The molecular weight excluding hydrogens is 294 g/mol. The standard InChI is InChI=1S/C17H25N3O3/c1-5-6-7-13-16(22)19(4)8-9-20(13)17(23)14-11(2)10-12(3)18-15(14)21/h10,13H,5-9H2,1-4H3,(H,18,21)/t13-/m0/s1. The molecule has 1 saturated heterocycles. The lowest BCUT2D eigenvalue weighted by Crippen LogP contribution is -2.58. The zero-order chi connectivity index (χ0) is 17.1. The number of aromatic nitrogens is 1. The fraction of sp³-hybridized carbons (Fsp3) is 0.588. The Hall–Kier alpha value is -2.11. The molecule has 6 nitrogen and oxygen atoms in total. The topological polar surface area (TPSA) is 73.5 Å². The third-order valence-electron chi connectivity index (χ3n) is 4.38. The van der Waals surface area contributed by atoms with Gasteiger partial charge in [0.25, 0.3) is 11.5 Å². The normalized spacial score (nSPS) is 18.4. The van der Waals surface area contributed by atoms with Gasteiger partial charge < -0.3 is 14.8 Å². The van der Waals surface area contributed by atoms with E-state index >= 15 is 0 Å². The van der Waals surface area contributed by atoms with Crippen LogP contribution < -0.4 is 5.56 Å². The Morgan fingerprint density at radius 2 is 2.00 bits per heavy atom. The van der Waals surface area contributed by atoms with E-state index in [1.807, 2.05) is 0 Å². The monoisotopic (exact) mass is 319 g/mol. The fourth-order valence-corrected chi connectivity index (χ4v) is 3.09. The van der Waals surface area contributed by atoms with E-state index < -0.39 is 6.04 Å². The van der Waals surface area contributed by atoms with Crippen LogP contribution in [0.5, 0.6) is 0 Å². The molecule has 0 radical (unpaired) electrons. The van der Waals surface area contributed by atoms with E-state index in [4.69, 9.17) is 0 Å². The van der Waals surface area contributed by atoms with Crippen LogP contribution in [-0.4, -0.2) is 52.8 Å². The molecule has 0 spiro atoms. The largest absolute Gasteiger partial charge is 0.342 e. The van der Waals surface area contributed by atoms with Crippen LogP contribution >= 0.6 is 0 Å². The number of nitrogens with zero attached hydrogens (tertiary/aromatic N) is 2. The van der Waals surface area contributed by atoms with E-state index in [9.17, 15) is 14.4 Å². The number of aryl methyl sites for hydroxylation is 2. The second kappa shape index (κ2) is 6.98. The van der Waals surface area contributed by atoms with E-state index in [1.54, 1.807) is 36.8 Å². The fourth-order valence-electron chi connectivity index (χ4n) is 3.09. The number of hydrogen-bond donors (Lipinski definition) is 1. The molecule has 126 valence electrons. The number of nitrogens with one attached hydrogen (secondary N) is 1. The Bertz CT molecular complexity index is 666. The number of hydrogen-bond acceptors (Lipinski definition) is 3. The van der Waals surface area contributed by atoms with Crippen molar-refractivity contribution in [3.8, 4) is 0 Å². The van der Waals surface area contributed by atoms with Crippen molar-refractivity contribution in [2.75, 3.05) is 20.1 Å². The van der Waals surface area contributed by atoms with Crippen molar-refractivity contribution in [1.82, 2.24) is 14.8 Å². The summed E-state index contributed by atoms with van der Waals surface area (Å²) in [6, 6.07) is 1.31. The number of unbranched alkanes of at least 4 members (excludes halogenated alkanes) is 1. The SMILES string of the molecule is CCCC[C@H]1C(=O)N(C)CCN1C(=O)c1c(C)cc(C)[nH]c1=O. The Kier molecular flexibility index (Phi) is 5.23. The first-order valence-electron chi connectivity index (χ1n) is 8.13. The number of likely N-dealkylation sites (N-methyl/N-ethyl adjacent to an activating group) is 1. The molecule has 6 heteroatoms. The van der Waals surface area contributed by atoms with E-state index in [0.29, 0.717) is 25.1 Å². The number of carbonyl (C=O) groups is 2. The molecule has 0 bridgehead atoms. The minimum Gasteiger partial charge on any atom is -0.342 e. The smallest absolute Gasteiger partial charge is 0.261 e. The van der Waals surface area contributed by atoms with E-state index in [1.165, 1.54) is 0 Å². The predicted molar refractivity (Wildman–Crippen MR) is 88.5 cm³/mol. The zero-order valence-corrected chi connectivity index (χ0v) is 14.3. The summed E-state index contributed by atoms with van der Waals surface area (Å²) in [7, 11) is 1.76. The first-order chi connectivity index (χ1) is 10.9. The van der Waals surface area contributed by atoms with Gasteiger partial charge in [-0.25, -0.2) is 0 Å². The molecular formula is C17H25N3O3. The summed E-state index contributed by atoms with van der Waals surface area (Å²) < 4.78 is 0. The van der Waals surface area contributed by atoms with Gasteiger partial charge in [-0.3, -0.25) is 14.4 Å². The van der Waals surface area contributed by atoms with Crippen molar-refractivity contribution in [1.29, 1.82) is 0 Å². The number of rotatable bonds is 4. The molecule has 0 aliphatic carbocycles. The summed E-state index contributed by atoms with van der Waals surface area (Å²) in [5.41, 5.74) is 1.14. The van der Waals surface area contributed by atoms with E-state index in [0.717, 1.165) is 18.5 Å². The third-order valence-corrected chi connectivity index (χ3v) is 4.38. The number of amides is 2. The molecule has 1 aliphatic rings. The Balaban J connectivity index is 2.36. The molecule has 23 heavy (non-hydrogen) atoms. The summed E-state index contributed by atoms with van der Waals surface area (Å²) in [4.78, 5) is 43.5. The molecule has 2 amide bonds. The lowest BCUT2D eigenvalue weighted by molar-refractivity contribution is -0.138. The lowest BCUT2D eigenvalue weighted by Gasteiger charge is -2.39. The van der Waals surface area contributed by atoms with Crippen LogP contribution in [0.4, 0.5) is 0 Å². The Labute approximate surface area is 136 Å². The molecule has 1 aliphatic heterocycles. The average Bonchev–Trinajstić information content (AvgIpc) is 2.47. The minimum atomic E-state index is -0.471. The molecule has 1 aromatic rings. The van der Waals surface area contributed by atoms with Crippen LogP contribution in [0.3, 0.4) is 0 Å². The maximum atomic E-state index is 12.9. The molecule has 2 heterocycles. The molecule has 1 aromatic heterocycles. The van der Waals surface area contributed by atoms with Crippen molar-refractivity contribution >= 4 is 11.8 Å². The van der Waals surface area contributed by atoms with Crippen LogP contribution in [0.25, 0.3) is 0 Å². The second-order valence-corrected chi connectivity index (χ2v) is 6.26. The molecule has 1 N–H and O–H groups in total. The van der Waals surface area contributed by atoms with Crippen molar-refractivity contribution in [3.63, 3.8) is 0 Å². The summed E-state index contributed by atoms with van der Waals surface area (Å²) in [6.07, 6.45) is 2.46. The minimum absolute atomic E-state index is 0.0424. The van der Waals surface area contributed by atoms with Gasteiger partial charge in [-0.15, -0.1) is 0 Å². The van der Waals surface area contributed by atoms with Gasteiger partial charge in [0.15, 0.2) is 0 Å². The summed E-state index contributed by atoms with van der Waals surface area (Å²) >= 11 is 0. The van der Waals surface area contributed by atoms with E-state index in [-0.39, 0.29) is 22.9 Å². The molecule has 0 aromatic carbocycles. The van der Waals surface area contributed by atoms with Crippen molar-refractivity contribution in [2.45, 2.75) is 46.1 Å². The molecule has 1 fully saturated rings. The van der Waals surface area contributed by atoms with Crippen LogP contribution in [0.15, 0.2) is 10.9 Å². The first kappa shape index (κ1) is 17.2. The molecule has 0 saturated carbocycles. The number of carbonyl (C=O) groups excluding carboxylic acids is 2. The van der Waals surface area contributed by atoms with Crippen molar-refractivity contribution in [2.24, 2.45) is 0 Å². The van der Waals surface area contributed by atoms with Gasteiger partial charge in [0, 0.05) is 25.8 Å². The number of pyridine rings is 1. The molecule has 2 rings (SSSR count). The lowest BCUT2D eigenvalue weighted by atomic mass is 10.0. The summed E-state index contributed by atoms with van der Waals surface area (Å²) in [5.74, 6) is -0.384. The van der Waals surface area contributed by atoms with Gasteiger partial charge in [-0.05, 0) is 31.9 Å². The average molecular weight is 319 g/mol. The van der Waals surface area contributed by atoms with Crippen molar-refractivity contribution < 1.29 is 9.59 Å². The molecule has 0 unspecified atom stereocenters. The van der Waals surface area contributed by atoms with Gasteiger partial charge >= 0.3 is 0 Å². The quantitative estimate of drug-likeness (QED) is 0.913. The van der Waals surface area contributed by atoms with Gasteiger partial charge in [0.2, 0.25) is 5.91 Å². The highest BCUT2D eigenvalue weighted by Gasteiger charge is 2.36. The van der Waals surface area contributed by atoms with Gasteiger partial charge in [-0.1, -0.05) is 19.8 Å². The second-order valence-electron chi connectivity index (χ2n) is 6.26. The van der Waals surface area contributed by atoms with Crippen LogP contribution in [0, 0.1) is 13.8 Å². The summed E-state index contributed by atoms with van der Waals surface area (Å²) in [5, 5.41) is 0. The Morgan fingerprint density at radius 3 is 2.61 bits per heavy atom.